The minimum Gasteiger partial charge on any atom is -0.357 e. The van der Waals surface area contributed by atoms with E-state index >= 15 is 0 Å². The van der Waals surface area contributed by atoms with Crippen LogP contribution in [0.1, 0.15) is 59.2 Å². The molecule has 0 bridgehead atoms. The van der Waals surface area contributed by atoms with Crippen LogP contribution in [0, 0.1) is 5.92 Å². The first-order chi connectivity index (χ1) is 12.6. The molecule has 0 amide bonds. The standard InChI is InChI=1S/C20H38N6.HI/c1-5-21-20(23-10-8-13-25-12-7-6-9-18(25)4)24-15-19-22-11-14-26(19)16-17(2)3;/h11,14,17-18H,5-10,12-13,15-16H2,1-4H3,(H2,21,23,24);1H. The van der Waals surface area contributed by atoms with Gasteiger partial charge in [-0.1, -0.05) is 20.3 Å². The third-order valence-corrected chi connectivity index (χ3v) is 4.94. The molecule has 0 aliphatic carbocycles. The van der Waals surface area contributed by atoms with Gasteiger partial charge in [0.05, 0.1) is 0 Å². The Kier molecular flexibility index (Phi) is 12.0. The summed E-state index contributed by atoms with van der Waals surface area (Å²) >= 11 is 0. The van der Waals surface area contributed by atoms with Crippen molar-refractivity contribution in [3.63, 3.8) is 0 Å². The molecule has 6 nitrogen and oxygen atoms in total. The average molecular weight is 490 g/mol. The molecule has 1 fully saturated rings. The van der Waals surface area contributed by atoms with E-state index in [-0.39, 0.29) is 24.0 Å². The summed E-state index contributed by atoms with van der Waals surface area (Å²) in [7, 11) is 0. The van der Waals surface area contributed by atoms with Gasteiger partial charge in [-0.05, 0) is 45.6 Å². The number of aromatic nitrogens is 2. The van der Waals surface area contributed by atoms with E-state index < -0.39 is 0 Å². The normalized spacial score (nSPS) is 18.4. The molecule has 1 aromatic rings. The molecular formula is C20H39IN6. The summed E-state index contributed by atoms with van der Waals surface area (Å²) in [6.07, 6.45) is 9.15. The Morgan fingerprint density at radius 3 is 2.85 bits per heavy atom. The van der Waals surface area contributed by atoms with Crippen LogP contribution in [0.3, 0.4) is 0 Å². The van der Waals surface area contributed by atoms with Crippen LogP contribution in [-0.2, 0) is 13.1 Å². The maximum absolute atomic E-state index is 4.72. The summed E-state index contributed by atoms with van der Waals surface area (Å²) in [6.45, 7) is 14.8. The monoisotopic (exact) mass is 490 g/mol. The molecule has 1 unspecified atom stereocenters. The second kappa shape index (κ2) is 13.4. The fourth-order valence-electron chi connectivity index (χ4n) is 3.52. The SMILES string of the molecule is CCNC(=NCc1nccn1CC(C)C)NCCCN1CCCCC1C.I. The van der Waals surface area contributed by atoms with Gasteiger partial charge in [-0.3, -0.25) is 0 Å². The number of guanidine groups is 1. The van der Waals surface area contributed by atoms with Gasteiger partial charge in [0.15, 0.2) is 5.96 Å². The summed E-state index contributed by atoms with van der Waals surface area (Å²) < 4.78 is 2.20. The van der Waals surface area contributed by atoms with Crippen molar-refractivity contribution in [3.05, 3.63) is 18.2 Å². The molecule has 2 rings (SSSR count). The van der Waals surface area contributed by atoms with Crippen LogP contribution in [0.15, 0.2) is 17.4 Å². The van der Waals surface area contributed by atoms with Crippen molar-refractivity contribution in [2.24, 2.45) is 10.9 Å². The van der Waals surface area contributed by atoms with Crippen LogP contribution in [0.2, 0.25) is 0 Å². The number of imidazole rings is 1. The predicted molar refractivity (Wildman–Crippen MR) is 125 cm³/mol. The van der Waals surface area contributed by atoms with Crippen LogP contribution in [0.4, 0.5) is 0 Å². The molecule has 1 saturated heterocycles. The van der Waals surface area contributed by atoms with Crippen molar-refractivity contribution >= 4 is 29.9 Å². The minimum absolute atomic E-state index is 0. The van der Waals surface area contributed by atoms with Crippen molar-refractivity contribution in [1.82, 2.24) is 25.1 Å². The Morgan fingerprint density at radius 2 is 2.15 bits per heavy atom. The smallest absolute Gasteiger partial charge is 0.191 e. The van der Waals surface area contributed by atoms with Gasteiger partial charge in [0.2, 0.25) is 0 Å². The molecule has 0 radical (unpaired) electrons. The van der Waals surface area contributed by atoms with Crippen molar-refractivity contribution in [2.45, 2.75) is 72.5 Å². The topological polar surface area (TPSA) is 57.5 Å². The highest BCUT2D eigenvalue weighted by Crippen LogP contribution is 2.16. The van der Waals surface area contributed by atoms with Crippen LogP contribution in [0.5, 0.6) is 0 Å². The molecule has 0 spiro atoms. The number of halogens is 1. The lowest BCUT2D eigenvalue weighted by atomic mass is 10.0. The number of rotatable bonds is 9. The Bertz CT molecular complexity index is 542. The van der Waals surface area contributed by atoms with Gasteiger partial charge < -0.3 is 20.1 Å². The number of aliphatic imine (C=N–C) groups is 1. The van der Waals surface area contributed by atoms with Crippen molar-refractivity contribution in [3.8, 4) is 0 Å². The maximum Gasteiger partial charge on any atom is 0.191 e. The Labute approximate surface area is 182 Å². The van der Waals surface area contributed by atoms with Gasteiger partial charge in [-0.25, -0.2) is 9.98 Å². The molecule has 7 heteroatoms. The molecule has 0 aromatic carbocycles. The number of likely N-dealkylation sites (tertiary alicyclic amines) is 1. The summed E-state index contributed by atoms with van der Waals surface area (Å²) in [5.74, 6) is 2.52. The van der Waals surface area contributed by atoms with E-state index in [1.165, 1.54) is 32.4 Å². The number of hydrogen-bond donors (Lipinski definition) is 2. The van der Waals surface area contributed by atoms with E-state index in [9.17, 15) is 0 Å². The van der Waals surface area contributed by atoms with Crippen molar-refractivity contribution < 1.29 is 0 Å². The van der Waals surface area contributed by atoms with Gasteiger partial charge in [-0.2, -0.15) is 0 Å². The Morgan fingerprint density at radius 1 is 1.33 bits per heavy atom. The number of piperidine rings is 1. The fraction of sp³-hybridized carbons (Fsp3) is 0.800. The van der Waals surface area contributed by atoms with Crippen molar-refractivity contribution in [1.29, 1.82) is 0 Å². The van der Waals surface area contributed by atoms with E-state index in [0.717, 1.165) is 43.9 Å². The molecule has 156 valence electrons. The highest BCUT2D eigenvalue weighted by molar-refractivity contribution is 14.0. The third-order valence-electron chi connectivity index (χ3n) is 4.94. The van der Waals surface area contributed by atoms with E-state index in [4.69, 9.17) is 4.99 Å². The van der Waals surface area contributed by atoms with Crippen LogP contribution < -0.4 is 10.6 Å². The average Bonchev–Trinajstić information content (AvgIpc) is 3.04. The molecule has 0 saturated carbocycles. The first-order valence-electron chi connectivity index (χ1n) is 10.4. The van der Waals surface area contributed by atoms with Gasteiger partial charge >= 0.3 is 0 Å². The lowest BCUT2D eigenvalue weighted by Gasteiger charge is -2.33. The lowest BCUT2D eigenvalue weighted by Crippen LogP contribution is -2.41. The van der Waals surface area contributed by atoms with Crippen LogP contribution in [-0.4, -0.2) is 52.6 Å². The third kappa shape index (κ3) is 8.81. The largest absolute Gasteiger partial charge is 0.357 e. The van der Waals surface area contributed by atoms with E-state index in [1.807, 2.05) is 12.4 Å². The van der Waals surface area contributed by atoms with Crippen LogP contribution >= 0.6 is 24.0 Å². The lowest BCUT2D eigenvalue weighted by molar-refractivity contribution is 0.159. The summed E-state index contributed by atoms with van der Waals surface area (Å²) in [5, 5.41) is 6.81. The zero-order chi connectivity index (χ0) is 18.8. The first-order valence-corrected chi connectivity index (χ1v) is 10.4. The second-order valence-electron chi connectivity index (χ2n) is 7.75. The number of nitrogens with one attached hydrogen (secondary N) is 2. The number of nitrogens with zero attached hydrogens (tertiary/aromatic N) is 4. The summed E-state index contributed by atoms with van der Waals surface area (Å²) in [5.41, 5.74) is 0. The highest BCUT2D eigenvalue weighted by Gasteiger charge is 2.17. The van der Waals surface area contributed by atoms with Gasteiger partial charge in [0.25, 0.3) is 0 Å². The van der Waals surface area contributed by atoms with Crippen LogP contribution in [0.25, 0.3) is 0 Å². The second-order valence-corrected chi connectivity index (χ2v) is 7.75. The summed E-state index contributed by atoms with van der Waals surface area (Å²) in [6, 6.07) is 0.741. The molecule has 27 heavy (non-hydrogen) atoms. The fourth-order valence-corrected chi connectivity index (χ4v) is 3.52. The molecule has 1 aliphatic rings. The van der Waals surface area contributed by atoms with E-state index in [2.05, 4.69) is 52.8 Å². The summed E-state index contributed by atoms with van der Waals surface area (Å²) in [4.78, 5) is 11.8. The Balaban J connectivity index is 0.00000364. The zero-order valence-electron chi connectivity index (χ0n) is 17.6. The molecule has 2 heterocycles. The van der Waals surface area contributed by atoms with Gasteiger partial charge in [0.1, 0.15) is 12.4 Å². The van der Waals surface area contributed by atoms with Gasteiger partial charge in [-0.15, -0.1) is 24.0 Å². The number of hydrogen-bond acceptors (Lipinski definition) is 3. The van der Waals surface area contributed by atoms with E-state index in [0.29, 0.717) is 12.5 Å². The quantitative estimate of drug-likeness (QED) is 0.241. The maximum atomic E-state index is 4.72. The molecule has 1 atom stereocenters. The molecular weight excluding hydrogens is 451 g/mol. The highest BCUT2D eigenvalue weighted by atomic mass is 127. The molecule has 1 aliphatic heterocycles. The Hall–Kier alpha value is -0.830. The zero-order valence-corrected chi connectivity index (χ0v) is 19.9. The molecule has 2 N–H and O–H groups in total. The van der Waals surface area contributed by atoms with Gasteiger partial charge in [0, 0.05) is 44.6 Å². The minimum atomic E-state index is 0. The first kappa shape index (κ1) is 24.2. The molecule has 1 aromatic heterocycles. The predicted octanol–water partition coefficient (Wildman–Crippen LogP) is 3.48. The van der Waals surface area contributed by atoms with Crippen molar-refractivity contribution in [2.75, 3.05) is 26.2 Å². The van der Waals surface area contributed by atoms with E-state index in [1.54, 1.807) is 0 Å².